The molecule has 6 heteroatoms. The topological polar surface area (TPSA) is 52.0 Å². The highest BCUT2D eigenvalue weighted by Gasteiger charge is 2.33. The molecule has 1 aliphatic rings. The molecule has 3 rings (SSSR count). The van der Waals surface area contributed by atoms with Gasteiger partial charge in [-0.05, 0) is 43.5 Å². The number of alkyl halides is 3. The van der Waals surface area contributed by atoms with E-state index in [2.05, 4.69) is 4.98 Å². The van der Waals surface area contributed by atoms with Crippen LogP contribution < -0.4 is 5.73 Å². The maximum atomic E-state index is 12.7. The molecular weight excluding hydrogens is 269 g/mol. The van der Waals surface area contributed by atoms with E-state index < -0.39 is 11.7 Å². The molecule has 0 amide bonds. The van der Waals surface area contributed by atoms with Crippen molar-refractivity contribution in [3.8, 4) is 0 Å². The van der Waals surface area contributed by atoms with E-state index in [0.29, 0.717) is 23.9 Å². The average molecular weight is 284 g/mol. The number of hydrogen-bond acceptors (Lipinski definition) is 3. The van der Waals surface area contributed by atoms with Gasteiger partial charge in [0, 0.05) is 5.92 Å². The molecule has 2 N–H and O–H groups in total. The molecule has 20 heavy (non-hydrogen) atoms. The van der Waals surface area contributed by atoms with Crippen molar-refractivity contribution in [1.82, 2.24) is 4.98 Å². The maximum absolute atomic E-state index is 12.7. The molecule has 1 saturated carbocycles. The molecule has 0 aliphatic heterocycles. The highest BCUT2D eigenvalue weighted by molar-refractivity contribution is 5.73. The summed E-state index contributed by atoms with van der Waals surface area (Å²) in [4.78, 5) is 4.24. The predicted molar refractivity (Wildman–Crippen MR) is 68.1 cm³/mol. The van der Waals surface area contributed by atoms with E-state index in [4.69, 9.17) is 10.2 Å². The molecule has 3 nitrogen and oxygen atoms in total. The molecule has 0 bridgehead atoms. The highest BCUT2D eigenvalue weighted by atomic mass is 19.4. The van der Waals surface area contributed by atoms with E-state index in [9.17, 15) is 13.2 Å². The lowest BCUT2D eigenvalue weighted by Crippen LogP contribution is -2.17. The number of aromatic nitrogens is 1. The monoisotopic (exact) mass is 284 g/mol. The van der Waals surface area contributed by atoms with Gasteiger partial charge in [-0.25, -0.2) is 4.98 Å². The number of hydrogen-bond donors (Lipinski definition) is 1. The number of nitrogens with zero attached hydrogens (tertiary/aromatic N) is 1. The Balaban J connectivity index is 1.98. The first-order valence-electron chi connectivity index (χ1n) is 6.67. The van der Waals surface area contributed by atoms with Gasteiger partial charge in [0.15, 0.2) is 11.5 Å². The first kappa shape index (κ1) is 13.4. The Morgan fingerprint density at radius 1 is 1.30 bits per heavy atom. The standard InChI is InChI=1S/C14H15F3N2O/c15-14(16,17)9-4-5-12-11(6-9)19-13(20-12)10-3-1-2-8(10)7-18/h4-6,8,10H,1-3,7,18H2. The molecule has 0 radical (unpaired) electrons. The third-order valence-corrected chi connectivity index (χ3v) is 4.01. The average Bonchev–Trinajstić information content (AvgIpc) is 3.02. The van der Waals surface area contributed by atoms with Crippen LogP contribution in [0.4, 0.5) is 13.2 Å². The summed E-state index contributed by atoms with van der Waals surface area (Å²) in [5.41, 5.74) is 5.68. The molecule has 2 atom stereocenters. The lowest BCUT2D eigenvalue weighted by molar-refractivity contribution is -0.137. The van der Waals surface area contributed by atoms with E-state index in [0.717, 1.165) is 31.4 Å². The molecule has 1 fully saturated rings. The second-order valence-electron chi connectivity index (χ2n) is 5.27. The Morgan fingerprint density at radius 2 is 2.10 bits per heavy atom. The molecule has 0 spiro atoms. The zero-order valence-electron chi connectivity index (χ0n) is 10.8. The number of benzene rings is 1. The Labute approximate surface area is 114 Å². The number of halogens is 3. The normalized spacial score (nSPS) is 23.6. The first-order chi connectivity index (χ1) is 9.49. The van der Waals surface area contributed by atoms with Gasteiger partial charge >= 0.3 is 6.18 Å². The summed E-state index contributed by atoms with van der Waals surface area (Å²) in [6.45, 7) is 0.553. The highest BCUT2D eigenvalue weighted by Crippen LogP contribution is 2.40. The lowest BCUT2D eigenvalue weighted by Gasteiger charge is -2.13. The molecule has 2 unspecified atom stereocenters. The molecular formula is C14H15F3N2O. The molecule has 2 aromatic rings. The van der Waals surface area contributed by atoms with Crippen molar-refractivity contribution in [2.75, 3.05) is 6.54 Å². The Morgan fingerprint density at radius 3 is 2.80 bits per heavy atom. The van der Waals surface area contributed by atoms with Crippen LogP contribution in [0.1, 0.15) is 36.6 Å². The van der Waals surface area contributed by atoms with Crippen molar-refractivity contribution in [3.63, 3.8) is 0 Å². The van der Waals surface area contributed by atoms with Crippen molar-refractivity contribution in [2.45, 2.75) is 31.4 Å². The van der Waals surface area contributed by atoms with Crippen molar-refractivity contribution in [1.29, 1.82) is 0 Å². The summed E-state index contributed by atoms with van der Waals surface area (Å²) < 4.78 is 43.6. The second kappa shape index (κ2) is 4.77. The minimum absolute atomic E-state index is 0.127. The zero-order chi connectivity index (χ0) is 14.3. The minimum Gasteiger partial charge on any atom is -0.440 e. The molecule has 108 valence electrons. The van der Waals surface area contributed by atoms with Gasteiger partial charge in [-0.2, -0.15) is 13.2 Å². The summed E-state index contributed by atoms with van der Waals surface area (Å²) in [5.74, 6) is 0.958. The molecule has 1 heterocycles. The Hall–Kier alpha value is -1.56. The molecule has 1 aliphatic carbocycles. The van der Waals surface area contributed by atoms with Crippen molar-refractivity contribution in [3.05, 3.63) is 29.7 Å². The van der Waals surface area contributed by atoms with Crippen LogP contribution in [0.25, 0.3) is 11.1 Å². The van der Waals surface area contributed by atoms with Gasteiger partial charge in [-0.1, -0.05) is 6.42 Å². The van der Waals surface area contributed by atoms with Crippen LogP contribution in [0.2, 0.25) is 0 Å². The SMILES string of the molecule is NCC1CCCC1c1nc2cc(C(F)(F)F)ccc2o1. The fourth-order valence-corrected chi connectivity index (χ4v) is 2.92. The van der Waals surface area contributed by atoms with Crippen LogP contribution in [0.5, 0.6) is 0 Å². The maximum Gasteiger partial charge on any atom is 0.416 e. The van der Waals surface area contributed by atoms with E-state index in [1.54, 1.807) is 0 Å². The van der Waals surface area contributed by atoms with E-state index >= 15 is 0 Å². The van der Waals surface area contributed by atoms with Gasteiger partial charge in [-0.3, -0.25) is 0 Å². The van der Waals surface area contributed by atoms with Gasteiger partial charge in [0.1, 0.15) is 5.52 Å². The summed E-state index contributed by atoms with van der Waals surface area (Å²) in [5, 5.41) is 0. The summed E-state index contributed by atoms with van der Waals surface area (Å²) in [6, 6.07) is 3.39. The Bertz CT molecular complexity index is 620. The van der Waals surface area contributed by atoms with Crippen LogP contribution in [0, 0.1) is 5.92 Å². The number of fused-ring (bicyclic) bond motifs is 1. The molecule has 0 saturated heterocycles. The third-order valence-electron chi connectivity index (χ3n) is 4.01. The largest absolute Gasteiger partial charge is 0.440 e. The van der Waals surface area contributed by atoms with E-state index in [1.165, 1.54) is 6.07 Å². The third kappa shape index (κ3) is 2.28. The fraction of sp³-hybridized carbons (Fsp3) is 0.500. The summed E-state index contributed by atoms with van der Waals surface area (Å²) >= 11 is 0. The first-order valence-corrected chi connectivity index (χ1v) is 6.67. The smallest absolute Gasteiger partial charge is 0.416 e. The van der Waals surface area contributed by atoms with E-state index in [-0.39, 0.29) is 11.4 Å². The van der Waals surface area contributed by atoms with Crippen LogP contribution in [0.3, 0.4) is 0 Å². The van der Waals surface area contributed by atoms with Crippen molar-refractivity contribution >= 4 is 11.1 Å². The molecule has 1 aromatic carbocycles. The zero-order valence-corrected chi connectivity index (χ0v) is 10.8. The van der Waals surface area contributed by atoms with Gasteiger partial charge in [-0.15, -0.1) is 0 Å². The Kier molecular flexibility index (Phi) is 3.20. The second-order valence-corrected chi connectivity index (χ2v) is 5.27. The van der Waals surface area contributed by atoms with Crippen LogP contribution >= 0.6 is 0 Å². The van der Waals surface area contributed by atoms with Gasteiger partial charge in [0.2, 0.25) is 0 Å². The number of rotatable bonds is 2. The van der Waals surface area contributed by atoms with Gasteiger partial charge in [0.25, 0.3) is 0 Å². The molecule has 1 aromatic heterocycles. The number of oxazole rings is 1. The van der Waals surface area contributed by atoms with Crippen LogP contribution in [-0.2, 0) is 6.18 Å². The van der Waals surface area contributed by atoms with Gasteiger partial charge in [0.05, 0.1) is 5.56 Å². The number of nitrogens with two attached hydrogens (primary N) is 1. The predicted octanol–water partition coefficient (Wildman–Crippen LogP) is 3.69. The van der Waals surface area contributed by atoms with E-state index in [1.807, 2.05) is 0 Å². The van der Waals surface area contributed by atoms with Gasteiger partial charge < -0.3 is 10.2 Å². The summed E-state index contributed by atoms with van der Waals surface area (Å²) in [6.07, 6.45) is -1.35. The lowest BCUT2D eigenvalue weighted by atomic mass is 9.96. The van der Waals surface area contributed by atoms with Crippen LogP contribution in [-0.4, -0.2) is 11.5 Å². The van der Waals surface area contributed by atoms with Crippen molar-refractivity contribution in [2.24, 2.45) is 11.7 Å². The quantitative estimate of drug-likeness (QED) is 0.915. The summed E-state index contributed by atoms with van der Waals surface area (Å²) in [7, 11) is 0. The van der Waals surface area contributed by atoms with Crippen LogP contribution in [0.15, 0.2) is 22.6 Å². The minimum atomic E-state index is -4.36. The van der Waals surface area contributed by atoms with Crippen molar-refractivity contribution < 1.29 is 17.6 Å². The fourth-order valence-electron chi connectivity index (χ4n) is 2.92.